The Labute approximate surface area is 130 Å². The van der Waals surface area contributed by atoms with E-state index >= 15 is 0 Å². The van der Waals surface area contributed by atoms with Crippen molar-refractivity contribution in [1.82, 2.24) is 4.31 Å². The number of carbonyl (C=O) groups excluding carboxylic acids is 1. The zero-order chi connectivity index (χ0) is 17.2. The highest BCUT2D eigenvalue weighted by atomic mass is 32.2. The number of benzene rings is 1. The second-order valence-electron chi connectivity index (χ2n) is 4.44. The van der Waals surface area contributed by atoms with Crippen LogP contribution in [0, 0.1) is 0 Å². The molecule has 0 radical (unpaired) electrons. The number of aliphatic hydroxyl groups is 1. The van der Waals surface area contributed by atoms with Crippen LogP contribution in [0.2, 0.25) is 0 Å². The van der Waals surface area contributed by atoms with Crippen molar-refractivity contribution >= 4 is 21.7 Å². The first-order valence-corrected chi connectivity index (χ1v) is 7.64. The van der Waals surface area contributed by atoms with E-state index in [1.54, 1.807) is 0 Å². The number of likely N-dealkylation sites (N-methyl/N-ethyl adjacent to an activating group) is 1. The minimum Gasteiger partial charge on any atom is -0.435 e. The zero-order valence-corrected chi connectivity index (χ0v) is 12.6. The number of carbonyl (C=O) groups is 1. The summed E-state index contributed by atoms with van der Waals surface area (Å²) in [6.45, 7) is -3.91. The molecule has 0 saturated heterocycles. The number of allylic oxidation sites excluding steroid dienone is 1. The molecule has 1 N–H and O–H groups in total. The quantitative estimate of drug-likeness (QED) is 0.847. The van der Waals surface area contributed by atoms with E-state index in [4.69, 9.17) is 5.11 Å². The van der Waals surface area contributed by atoms with Gasteiger partial charge in [-0.1, -0.05) is 12.1 Å². The summed E-state index contributed by atoms with van der Waals surface area (Å²) in [7, 11) is -3.05. The molecule has 0 unspecified atom stereocenters. The molecule has 1 aliphatic rings. The van der Waals surface area contributed by atoms with Crippen LogP contribution in [0.1, 0.15) is 5.56 Å². The van der Waals surface area contributed by atoms with Gasteiger partial charge in [0.05, 0.1) is 5.71 Å². The molecule has 0 spiro atoms. The molecular formula is C13H12F2N2O5S. The molecular weight excluding hydrogens is 334 g/mol. The monoisotopic (exact) mass is 346 g/mol. The SMILES string of the molecule is CN1C(C(=O)CO)=CC(c2cccc(OC(F)F)c2)=NS1(=O)=O. The summed E-state index contributed by atoms with van der Waals surface area (Å²) < 4.78 is 56.8. The molecule has 7 nitrogen and oxygen atoms in total. The molecule has 23 heavy (non-hydrogen) atoms. The average molecular weight is 346 g/mol. The minimum atomic E-state index is -4.17. The van der Waals surface area contributed by atoms with Crippen molar-refractivity contribution in [3.63, 3.8) is 0 Å². The topological polar surface area (TPSA) is 96.3 Å². The number of aliphatic hydroxyl groups excluding tert-OH is 1. The smallest absolute Gasteiger partial charge is 0.387 e. The van der Waals surface area contributed by atoms with Crippen LogP contribution in [-0.2, 0) is 15.0 Å². The second kappa shape index (κ2) is 6.42. The third kappa shape index (κ3) is 3.71. The predicted molar refractivity (Wildman–Crippen MR) is 76.5 cm³/mol. The molecule has 0 saturated carbocycles. The van der Waals surface area contributed by atoms with E-state index in [1.165, 1.54) is 24.3 Å². The molecule has 1 aromatic rings. The Kier molecular flexibility index (Phi) is 4.76. The Balaban J connectivity index is 2.49. The maximum atomic E-state index is 12.2. The lowest BCUT2D eigenvalue weighted by Crippen LogP contribution is -2.34. The maximum Gasteiger partial charge on any atom is 0.387 e. The zero-order valence-electron chi connectivity index (χ0n) is 11.8. The third-order valence-electron chi connectivity index (χ3n) is 2.96. The Morgan fingerprint density at radius 2 is 2.13 bits per heavy atom. The Hall–Kier alpha value is -2.33. The van der Waals surface area contributed by atoms with Crippen molar-refractivity contribution < 1.29 is 31.8 Å². The Morgan fingerprint density at radius 1 is 1.43 bits per heavy atom. The van der Waals surface area contributed by atoms with Crippen molar-refractivity contribution in [1.29, 1.82) is 0 Å². The molecule has 1 heterocycles. The van der Waals surface area contributed by atoms with Gasteiger partial charge >= 0.3 is 16.8 Å². The van der Waals surface area contributed by atoms with Gasteiger partial charge < -0.3 is 9.84 Å². The lowest BCUT2D eigenvalue weighted by Gasteiger charge is -2.23. The largest absolute Gasteiger partial charge is 0.435 e. The lowest BCUT2D eigenvalue weighted by molar-refractivity contribution is -0.119. The second-order valence-corrected chi connectivity index (χ2v) is 6.06. The summed E-state index contributed by atoms with van der Waals surface area (Å²) in [5, 5.41) is 8.92. The first-order valence-electron chi connectivity index (χ1n) is 6.24. The number of alkyl halides is 2. The van der Waals surface area contributed by atoms with E-state index in [2.05, 4.69) is 9.13 Å². The van der Waals surface area contributed by atoms with Crippen LogP contribution in [0.25, 0.3) is 0 Å². The fourth-order valence-corrected chi connectivity index (χ4v) is 2.79. The van der Waals surface area contributed by atoms with Crippen LogP contribution in [0.15, 0.2) is 40.4 Å². The number of Topliss-reactive ketones (excluding diaryl/α,β-unsaturated/α-hetero) is 1. The normalized spacial score (nSPS) is 16.8. The van der Waals surface area contributed by atoms with E-state index in [-0.39, 0.29) is 22.7 Å². The highest BCUT2D eigenvalue weighted by Gasteiger charge is 2.29. The third-order valence-corrected chi connectivity index (χ3v) is 4.27. The number of ether oxygens (including phenoxy) is 1. The summed E-state index contributed by atoms with van der Waals surface area (Å²) in [6.07, 6.45) is 1.15. The number of halogens is 2. The molecule has 1 aromatic carbocycles. The van der Waals surface area contributed by atoms with Crippen LogP contribution in [0.4, 0.5) is 8.78 Å². The molecule has 10 heteroatoms. The fourth-order valence-electron chi connectivity index (χ4n) is 1.86. The van der Waals surface area contributed by atoms with E-state index in [0.29, 0.717) is 4.31 Å². The molecule has 0 bridgehead atoms. The van der Waals surface area contributed by atoms with Gasteiger partial charge in [-0.05, 0) is 18.2 Å². The fraction of sp³-hybridized carbons (Fsp3) is 0.231. The van der Waals surface area contributed by atoms with E-state index in [0.717, 1.165) is 13.1 Å². The molecule has 0 amide bonds. The average Bonchev–Trinajstić information content (AvgIpc) is 2.48. The van der Waals surface area contributed by atoms with Gasteiger partial charge in [-0.3, -0.25) is 9.10 Å². The maximum absolute atomic E-state index is 12.2. The predicted octanol–water partition coefficient (Wildman–Crippen LogP) is 0.713. The van der Waals surface area contributed by atoms with Crippen LogP contribution >= 0.6 is 0 Å². The molecule has 1 aliphatic heterocycles. The van der Waals surface area contributed by atoms with Crippen LogP contribution < -0.4 is 4.74 Å². The van der Waals surface area contributed by atoms with E-state index in [9.17, 15) is 22.0 Å². The van der Waals surface area contributed by atoms with Crippen LogP contribution in [0.5, 0.6) is 5.75 Å². The van der Waals surface area contributed by atoms with Crippen molar-refractivity contribution in [3.05, 3.63) is 41.6 Å². The number of hydrogen-bond donors (Lipinski definition) is 1. The standard InChI is InChI=1S/C13H12F2N2O5S/c1-17-11(12(19)7-18)6-10(16-23(17,20)21)8-3-2-4-9(5-8)22-13(14)15/h2-6,13,18H,7H2,1H3. The van der Waals surface area contributed by atoms with Gasteiger partial charge in [0.1, 0.15) is 18.1 Å². The van der Waals surface area contributed by atoms with Crippen molar-refractivity contribution in [2.75, 3.05) is 13.7 Å². The van der Waals surface area contributed by atoms with Gasteiger partial charge in [-0.25, -0.2) is 0 Å². The number of nitrogens with zero attached hydrogens (tertiary/aromatic N) is 2. The first-order chi connectivity index (χ1) is 10.7. The van der Waals surface area contributed by atoms with Crippen molar-refractivity contribution in [2.45, 2.75) is 6.61 Å². The lowest BCUT2D eigenvalue weighted by atomic mass is 10.1. The molecule has 0 fully saturated rings. The van der Waals surface area contributed by atoms with Gasteiger partial charge in [-0.15, -0.1) is 4.40 Å². The molecule has 124 valence electrons. The number of hydrogen-bond acceptors (Lipinski definition) is 5. The summed E-state index contributed by atoms with van der Waals surface area (Å²) in [5.41, 5.74) is -0.236. The van der Waals surface area contributed by atoms with Gasteiger partial charge in [0.25, 0.3) is 0 Å². The van der Waals surface area contributed by atoms with Gasteiger partial charge in [0, 0.05) is 12.6 Å². The highest BCUT2D eigenvalue weighted by molar-refractivity contribution is 7.88. The Morgan fingerprint density at radius 3 is 2.74 bits per heavy atom. The summed E-state index contributed by atoms with van der Waals surface area (Å²) in [4.78, 5) is 11.7. The van der Waals surface area contributed by atoms with Gasteiger partial charge in [0.2, 0.25) is 5.78 Å². The minimum absolute atomic E-state index is 0.125. The van der Waals surface area contributed by atoms with Crippen LogP contribution in [-0.4, -0.2) is 49.6 Å². The molecule has 0 atom stereocenters. The number of rotatable bonds is 5. The van der Waals surface area contributed by atoms with Crippen molar-refractivity contribution in [3.8, 4) is 5.75 Å². The van der Waals surface area contributed by atoms with Crippen LogP contribution in [0.3, 0.4) is 0 Å². The summed E-state index contributed by atoms with van der Waals surface area (Å²) in [6, 6.07) is 5.24. The van der Waals surface area contributed by atoms with Gasteiger partial charge in [-0.2, -0.15) is 17.2 Å². The van der Waals surface area contributed by atoms with Crippen molar-refractivity contribution in [2.24, 2.45) is 4.40 Å². The molecule has 2 rings (SSSR count). The van der Waals surface area contributed by atoms with Gasteiger partial charge in [0.15, 0.2) is 0 Å². The summed E-state index contributed by atoms with van der Waals surface area (Å²) in [5.74, 6) is -0.997. The molecule has 0 aromatic heterocycles. The first kappa shape index (κ1) is 17.0. The Bertz CT molecular complexity index is 789. The van der Waals surface area contributed by atoms with E-state index < -0.39 is 29.2 Å². The highest BCUT2D eigenvalue weighted by Crippen LogP contribution is 2.22. The molecule has 0 aliphatic carbocycles. The summed E-state index contributed by atoms with van der Waals surface area (Å²) >= 11 is 0. The number of ketones is 1. The van der Waals surface area contributed by atoms with E-state index in [1.807, 2.05) is 0 Å².